The lowest BCUT2D eigenvalue weighted by Crippen LogP contribution is -2.16. The molecular weight excluding hydrogens is 214 g/mol. The molecule has 5 nitrogen and oxygen atoms in total. The zero-order valence-electron chi connectivity index (χ0n) is 10.6. The second-order valence-electron chi connectivity index (χ2n) is 4.14. The van der Waals surface area contributed by atoms with Crippen molar-refractivity contribution in [3.63, 3.8) is 0 Å². The number of hydrogen-bond donors (Lipinski definition) is 1. The van der Waals surface area contributed by atoms with Crippen molar-refractivity contribution in [3.05, 3.63) is 29.7 Å². The lowest BCUT2D eigenvalue weighted by molar-refractivity contribution is 0.659. The summed E-state index contributed by atoms with van der Waals surface area (Å²) in [6, 6.07) is 1.92. The molecule has 0 aliphatic rings. The highest BCUT2D eigenvalue weighted by atomic mass is 15.4. The van der Waals surface area contributed by atoms with E-state index in [-0.39, 0.29) is 0 Å². The molecule has 17 heavy (non-hydrogen) atoms. The van der Waals surface area contributed by atoms with Crippen LogP contribution in [0.1, 0.15) is 24.6 Å². The van der Waals surface area contributed by atoms with Crippen LogP contribution in [0, 0.1) is 6.92 Å². The molecule has 1 N–H and O–H groups in total. The zero-order valence-corrected chi connectivity index (χ0v) is 10.6. The first-order valence-corrected chi connectivity index (χ1v) is 5.97. The topological polar surface area (TPSA) is 47.7 Å². The third-order valence-corrected chi connectivity index (χ3v) is 2.76. The van der Waals surface area contributed by atoms with Gasteiger partial charge in [0.1, 0.15) is 0 Å². The maximum atomic E-state index is 4.46. The van der Waals surface area contributed by atoms with Crippen molar-refractivity contribution >= 4 is 0 Å². The number of rotatable bonds is 5. The first kappa shape index (κ1) is 11.9. The van der Waals surface area contributed by atoms with Crippen LogP contribution in [0.25, 0.3) is 5.82 Å². The van der Waals surface area contributed by atoms with Crippen LogP contribution in [-0.2, 0) is 13.6 Å². The summed E-state index contributed by atoms with van der Waals surface area (Å²) < 4.78 is 3.74. The first-order chi connectivity index (χ1) is 8.24. The Hall–Kier alpha value is -1.62. The molecule has 2 heterocycles. The molecule has 0 atom stereocenters. The Morgan fingerprint density at radius 2 is 2.24 bits per heavy atom. The summed E-state index contributed by atoms with van der Waals surface area (Å²) >= 11 is 0. The predicted molar refractivity (Wildman–Crippen MR) is 67.1 cm³/mol. The van der Waals surface area contributed by atoms with Gasteiger partial charge >= 0.3 is 0 Å². The van der Waals surface area contributed by atoms with Crippen molar-refractivity contribution in [2.75, 3.05) is 6.54 Å². The lowest BCUT2D eigenvalue weighted by Gasteiger charge is -2.07. The Labute approximate surface area is 101 Å². The fraction of sp³-hybridized carbons (Fsp3) is 0.500. The van der Waals surface area contributed by atoms with E-state index < -0.39 is 0 Å². The first-order valence-electron chi connectivity index (χ1n) is 5.97. The van der Waals surface area contributed by atoms with Crippen molar-refractivity contribution in [2.45, 2.75) is 26.8 Å². The van der Waals surface area contributed by atoms with Gasteiger partial charge in [0, 0.05) is 31.5 Å². The van der Waals surface area contributed by atoms with Crippen LogP contribution in [0.3, 0.4) is 0 Å². The van der Waals surface area contributed by atoms with Crippen LogP contribution < -0.4 is 5.32 Å². The largest absolute Gasteiger partial charge is 0.312 e. The van der Waals surface area contributed by atoms with Gasteiger partial charge in [-0.2, -0.15) is 10.2 Å². The molecule has 0 saturated heterocycles. The minimum atomic E-state index is 0.836. The Balaban J connectivity index is 2.30. The molecule has 0 bridgehead atoms. The summed E-state index contributed by atoms with van der Waals surface area (Å²) in [7, 11) is 1.95. The minimum absolute atomic E-state index is 0.836. The Bertz CT molecular complexity index is 469. The fourth-order valence-corrected chi connectivity index (χ4v) is 1.97. The molecule has 0 radical (unpaired) electrons. The molecule has 0 spiro atoms. The van der Waals surface area contributed by atoms with Gasteiger partial charge in [-0.15, -0.1) is 0 Å². The maximum absolute atomic E-state index is 4.46. The highest BCUT2D eigenvalue weighted by Crippen LogP contribution is 2.16. The van der Waals surface area contributed by atoms with Gasteiger partial charge in [0.05, 0.1) is 5.69 Å². The molecule has 2 aromatic heterocycles. The van der Waals surface area contributed by atoms with E-state index in [2.05, 4.69) is 22.4 Å². The number of nitrogens with one attached hydrogen (secondary N) is 1. The number of nitrogens with zero attached hydrogens (tertiary/aromatic N) is 4. The third kappa shape index (κ3) is 2.39. The molecule has 0 aromatic carbocycles. The second-order valence-corrected chi connectivity index (χ2v) is 4.14. The van der Waals surface area contributed by atoms with Crippen molar-refractivity contribution in [1.29, 1.82) is 0 Å². The van der Waals surface area contributed by atoms with E-state index in [4.69, 9.17) is 0 Å². The summed E-state index contributed by atoms with van der Waals surface area (Å²) in [5.74, 6) is 1.04. The van der Waals surface area contributed by atoms with Crippen LogP contribution in [0.5, 0.6) is 0 Å². The normalized spacial score (nSPS) is 11.0. The van der Waals surface area contributed by atoms with Crippen molar-refractivity contribution in [2.24, 2.45) is 7.05 Å². The summed E-state index contributed by atoms with van der Waals surface area (Å²) in [6.07, 6.45) is 4.86. The third-order valence-electron chi connectivity index (χ3n) is 2.76. The molecule has 0 fully saturated rings. The van der Waals surface area contributed by atoms with Gasteiger partial charge in [-0.1, -0.05) is 6.92 Å². The molecule has 0 amide bonds. The smallest absolute Gasteiger partial charge is 0.156 e. The molecule has 2 aromatic rings. The minimum Gasteiger partial charge on any atom is -0.312 e. The summed E-state index contributed by atoms with van der Waals surface area (Å²) in [4.78, 5) is 0. The van der Waals surface area contributed by atoms with Gasteiger partial charge in [0.15, 0.2) is 5.82 Å². The lowest BCUT2D eigenvalue weighted by atomic mass is 10.2. The molecule has 0 aliphatic carbocycles. The Kier molecular flexibility index (Phi) is 3.58. The Morgan fingerprint density at radius 3 is 2.88 bits per heavy atom. The molecule has 0 unspecified atom stereocenters. The maximum Gasteiger partial charge on any atom is 0.156 e. The second kappa shape index (κ2) is 5.14. The van der Waals surface area contributed by atoms with E-state index >= 15 is 0 Å². The predicted octanol–water partition coefficient (Wildman–Crippen LogP) is 1.41. The van der Waals surface area contributed by atoms with E-state index in [0.29, 0.717) is 0 Å². The van der Waals surface area contributed by atoms with E-state index in [1.54, 1.807) is 6.20 Å². The molecular formula is C12H19N5. The number of aryl methyl sites for hydroxylation is 2. The van der Waals surface area contributed by atoms with E-state index in [1.165, 1.54) is 5.56 Å². The van der Waals surface area contributed by atoms with Gasteiger partial charge in [0.2, 0.25) is 0 Å². The van der Waals surface area contributed by atoms with Gasteiger partial charge in [-0.3, -0.25) is 4.68 Å². The standard InChI is InChI=1S/C12H19N5/c1-4-6-13-9-11-10(2)15-16(3)12(11)17-8-5-7-14-17/h5,7-8,13H,4,6,9H2,1-3H3. The number of aromatic nitrogens is 4. The van der Waals surface area contributed by atoms with Crippen LogP contribution in [-0.4, -0.2) is 26.1 Å². The average molecular weight is 233 g/mol. The summed E-state index contributed by atoms with van der Waals surface area (Å²) in [6.45, 7) is 6.06. The monoisotopic (exact) mass is 233 g/mol. The number of hydrogen-bond acceptors (Lipinski definition) is 3. The molecule has 0 aliphatic heterocycles. The van der Waals surface area contributed by atoms with Crippen molar-refractivity contribution in [1.82, 2.24) is 24.9 Å². The van der Waals surface area contributed by atoms with Crippen LogP contribution >= 0.6 is 0 Å². The van der Waals surface area contributed by atoms with Gasteiger partial charge < -0.3 is 5.32 Å². The van der Waals surface area contributed by atoms with Crippen LogP contribution in [0.4, 0.5) is 0 Å². The van der Waals surface area contributed by atoms with Gasteiger partial charge in [0.25, 0.3) is 0 Å². The SMILES string of the molecule is CCCNCc1c(C)nn(C)c1-n1cccn1. The zero-order chi connectivity index (χ0) is 12.3. The van der Waals surface area contributed by atoms with Crippen molar-refractivity contribution in [3.8, 4) is 5.82 Å². The molecule has 92 valence electrons. The van der Waals surface area contributed by atoms with E-state index in [0.717, 1.165) is 31.0 Å². The van der Waals surface area contributed by atoms with E-state index in [1.807, 2.05) is 35.6 Å². The Morgan fingerprint density at radius 1 is 1.41 bits per heavy atom. The van der Waals surface area contributed by atoms with E-state index in [9.17, 15) is 0 Å². The molecule has 0 saturated carbocycles. The quantitative estimate of drug-likeness (QED) is 0.794. The highest BCUT2D eigenvalue weighted by molar-refractivity contribution is 5.37. The van der Waals surface area contributed by atoms with Gasteiger partial charge in [-0.25, -0.2) is 4.68 Å². The average Bonchev–Trinajstić information content (AvgIpc) is 2.88. The highest BCUT2D eigenvalue weighted by Gasteiger charge is 2.14. The van der Waals surface area contributed by atoms with Crippen LogP contribution in [0.2, 0.25) is 0 Å². The summed E-state index contributed by atoms with van der Waals surface area (Å²) in [5.41, 5.74) is 2.27. The van der Waals surface area contributed by atoms with Crippen molar-refractivity contribution < 1.29 is 0 Å². The van der Waals surface area contributed by atoms with Gasteiger partial charge in [-0.05, 0) is 26.0 Å². The molecule has 5 heteroatoms. The van der Waals surface area contributed by atoms with Crippen LogP contribution in [0.15, 0.2) is 18.5 Å². The molecule has 2 rings (SSSR count). The fourth-order valence-electron chi connectivity index (χ4n) is 1.97. The summed E-state index contributed by atoms with van der Waals surface area (Å²) in [5, 5.41) is 12.2.